The van der Waals surface area contributed by atoms with E-state index in [1.54, 1.807) is 0 Å². The third kappa shape index (κ3) is 4.39. The number of fused-ring (bicyclic) bond motifs is 4. The van der Waals surface area contributed by atoms with Gasteiger partial charge < -0.3 is 14.6 Å². The van der Waals surface area contributed by atoms with E-state index in [0.29, 0.717) is 19.0 Å². The number of nitrogens with zero attached hydrogens (tertiary/aromatic N) is 6. The molecular weight excluding hydrogens is 414 g/mol. The Labute approximate surface area is 192 Å². The number of imidazole rings is 1. The molecule has 0 radical (unpaired) electrons. The lowest BCUT2D eigenvalue weighted by atomic mass is 10.2. The van der Waals surface area contributed by atoms with Gasteiger partial charge in [0.2, 0.25) is 5.95 Å². The predicted octanol–water partition coefficient (Wildman–Crippen LogP) is 4.41. The van der Waals surface area contributed by atoms with E-state index in [9.17, 15) is 0 Å². The van der Waals surface area contributed by atoms with Crippen LogP contribution in [0.5, 0.6) is 0 Å². The van der Waals surface area contributed by atoms with Gasteiger partial charge in [0.15, 0.2) is 11.5 Å². The first kappa shape index (κ1) is 21.3. The molecule has 5 aromatic rings. The van der Waals surface area contributed by atoms with Gasteiger partial charge in [0.1, 0.15) is 5.82 Å². The lowest BCUT2D eigenvalue weighted by Gasteiger charge is -2.10. The maximum Gasteiger partial charge on any atom is 0.226 e. The zero-order chi connectivity index (χ0) is 22.8. The molecule has 0 saturated carbocycles. The topological polar surface area (TPSA) is 82.2 Å². The second kappa shape index (κ2) is 9.15. The molecule has 0 amide bonds. The predicted molar refractivity (Wildman–Crippen MR) is 131 cm³/mol. The van der Waals surface area contributed by atoms with E-state index in [1.807, 2.05) is 67.8 Å². The van der Waals surface area contributed by atoms with E-state index >= 15 is 0 Å². The summed E-state index contributed by atoms with van der Waals surface area (Å²) in [6.45, 7) is 8.37. The van der Waals surface area contributed by atoms with Crippen LogP contribution in [0.3, 0.4) is 0 Å². The molecule has 3 aromatic heterocycles. The fraction of sp³-hybridized carbons (Fsp3) is 0.360. The summed E-state index contributed by atoms with van der Waals surface area (Å²) in [5.41, 5.74) is 3.88. The van der Waals surface area contributed by atoms with Crippen LogP contribution in [0, 0.1) is 6.92 Å². The van der Waals surface area contributed by atoms with Crippen LogP contribution in [0.1, 0.15) is 31.9 Å². The molecule has 1 N–H and O–H groups in total. The second-order valence-electron chi connectivity index (χ2n) is 8.47. The van der Waals surface area contributed by atoms with E-state index in [1.165, 1.54) is 0 Å². The summed E-state index contributed by atoms with van der Waals surface area (Å²) >= 11 is 0. The molecule has 33 heavy (non-hydrogen) atoms. The van der Waals surface area contributed by atoms with Gasteiger partial charge >= 0.3 is 0 Å². The first-order chi connectivity index (χ1) is 16.1. The normalized spacial score (nSPS) is 11.9. The van der Waals surface area contributed by atoms with Gasteiger partial charge in [0.25, 0.3) is 0 Å². The minimum atomic E-state index is 0.240. The number of aromatic nitrogens is 6. The number of aryl methyl sites for hydroxylation is 3. The van der Waals surface area contributed by atoms with E-state index in [4.69, 9.17) is 19.8 Å². The number of para-hydroxylation sites is 3. The highest BCUT2D eigenvalue weighted by molar-refractivity contribution is 5.92. The molecule has 0 bridgehead atoms. The standard InChI is InChI=1S/C25H29N7O/c1-17(2)33-16-8-14-26-25-28-20-10-5-4-9-19(20)24-29-23(30-32(24)25)13-15-31-18(3)27-21-11-6-7-12-22(21)31/h4-7,9-12,17H,8,13-16H2,1-3H3,(H,26,28). The summed E-state index contributed by atoms with van der Waals surface area (Å²) in [5.74, 6) is 2.49. The summed E-state index contributed by atoms with van der Waals surface area (Å²) in [7, 11) is 0. The molecule has 0 aliphatic carbocycles. The average Bonchev–Trinajstić information content (AvgIpc) is 3.38. The Morgan fingerprint density at radius 1 is 0.970 bits per heavy atom. The van der Waals surface area contributed by atoms with Crippen LogP contribution in [0.2, 0.25) is 0 Å². The van der Waals surface area contributed by atoms with Crippen molar-refractivity contribution in [2.75, 3.05) is 18.5 Å². The van der Waals surface area contributed by atoms with Crippen LogP contribution in [0.25, 0.3) is 27.6 Å². The minimum Gasteiger partial charge on any atom is -0.379 e. The second-order valence-corrected chi connectivity index (χ2v) is 8.47. The van der Waals surface area contributed by atoms with Crippen LogP contribution < -0.4 is 5.32 Å². The Balaban J connectivity index is 1.41. The van der Waals surface area contributed by atoms with E-state index in [0.717, 1.165) is 58.7 Å². The summed E-state index contributed by atoms with van der Waals surface area (Å²) in [5, 5.41) is 9.23. The smallest absolute Gasteiger partial charge is 0.226 e. The summed E-state index contributed by atoms with van der Waals surface area (Å²) < 4.78 is 9.71. The molecule has 0 saturated heterocycles. The monoisotopic (exact) mass is 443 g/mol. The van der Waals surface area contributed by atoms with Crippen LogP contribution >= 0.6 is 0 Å². The van der Waals surface area contributed by atoms with Gasteiger partial charge in [0, 0.05) is 31.5 Å². The Hall–Kier alpha value is -3.52. The summed E-state index contributed by atoms with van der Waals surface area (Å²) in [6.07, 6.45) is 1.84. The van der Waals surface area contributed by atoms with Crippen molar-refractivity contribution in [3.05, 3.63) is 60.2 Å². The van der Waals surface area contributed by atoms with E-state index in [2.05, 4.69) is 20.9 Å². The molecule has 0 fully saturated rings. The van der Waals surface area contributed by atoms with Crippen molar-refractivity contribution >= 4 is 33.5 Å². The molecule has 0 spiro atoms. The number of hydrogen-bond donors (Lipinski definition) is 1. The van der Waals surface area contributed by atoms with Crippen molar-refractivity contribution < 1.29 is 4.74 Å². The molecule has 5 rings (SSSR count). The number of nitrogens with one attached hydrogen (secondary N) is 1. The number of ether oxygens (including phenoxy) is 1. The van der Waals surface area contributed by atoms with Gasteiger partial charge in [-0.05, 0) is 51.5 Å². The molecule has 0 aliphatic rings. The Morgan fingerprint density at radius 3 is 2.61 bits per heavy atom. The lowest BCUT2D eigenvalue weighted by Crippen LogP contribution is -2.13. The van der Waals surface area contributed by atoms with Crippen LogP contribution in [0.4, 0.5) is 5.95 Å². The average molecular weight is 444 g/mol. The fourth-order valence-electron chi connectivity index (χ4n) is 4.10. The molecule has 8 nitrogen and oxygen atoms in total. The van der Waals surface area contributed by atoms with Gasteiger partial charge in [-0.2, -0.15) is 4.52 Å². The minimum absolute atomic E-state index is 0.240. The van der Waals surface area contributed by atoms with Crippen LogP contribution in [0.15, 0.2) is 48.5 Å². The molecule has 8 heteroatoms. The third-order valence-corrected chi connectivity index (χ3v) is 5.68. The summed E-state index contributed by atoms with van der Waals surface area (Å²) in [6, 6.07) is 16.3. The Bertz CT molecular complexity index is 1400. The van der Waals surface area contributed by atoms with Crippen molar-refractivity contribution in [3.63, 3.8) is 0 Å². The number of rotatable bonds is 9. The third-order valence-electron chi connectivity index (χ3n) is 5.68. The van der Waals surface area contributed by atoms with Crippen molar-refractivity contribution in [1.29, 1.82) is 0 Å². The zero-order valence-corrected chi connectivity index (χ0v) is 19.3. The molecular formula is C25H29N7O. The Morgan fingerprint density at radius 2 is 1.76 bits per heavy atom. The van der Waals surface area contributed by atoms with Crippen molar-refractivity contribution in [2.24, 2.45) is 0 Å². The zero-order valence-electron chi connectivity index (χ0n) is 19.3. The lowest BCUT2D eigenvalue weighted by molar-refractivity contribution is 0.0787. The maximum absolute atomic E-state index is 5.65. The van der Waals surface area contributed by atoms with E-state index in [-0.39, 0.29) is 6.10 Å². The van der Waals surface area contributed by atoms with Gasteiger partial charge in [0.05, 0.1) is 22.7 Å². The number of anilines is 1. The van der Waals surface area contributed by atoms with Gasteiger partial charge in [-0.1, -0.05) is 24.3 Å². The van der Waals surface area contributed by atoms with E-state index < -0.39 is 0 Å². The largest absolute Gasteiger partial charge is 0.379 e. The highest BCUT2D eigenvalue weighted by Gasteiger charge is 2.14. The quantitative estimate of drug-likeness (QED) is 0.340. The van der Waals surface area contributed by atoms with Crippen molar-refractivity contribution in [1.82, 2.24) is 29.1 Å². The highest BCUT2D eigenvalue weighted by atomic mass is 16.5. The molecule has 170 valence electrons. The van der Waals surface area contributed by atoms with Crippen molar-refractivity contribution in [3.8, 4) is 0 Å². The number of hydrogen-bond acceptors (Lipinski definition) is 6. The van der Waals surface area contributed by atoms with Gasteiger partial charge in [-0.15, -0.1) is 5.10 Å². The van der Waals surface area contributed by atoms with Gasteiger partial charge in [-0.3, -0.25) is 0 Å². The van der Waals surface area contributed by atoms with Crippen LogP contribution in [-0.4, -0.2) is 48.4 Å². The molecule has 2 aromatic carbocycles. The SMILES string of the molecule is Cc1nc2ccccc2n1CCc1nc2c3ccccc3nc(NCCCOC(C)C)n2n1. The molecule has 0 atom stereocenters. The Kier molecular flexibility index (Phi) is 5.92. The highest BCUT2D eigenvalue weighted by Crippen LogP contribution is 2.21. The fourth-order valence-corrected chi connectivity index (χ4v) is 4.10. The molecule has 3 heterocycles. The molecule has 0 aliphatic heterocycles. The van der Waals surface area contributed by atoms with Crippen molar-refractivity contribution in [2.45, 2.75) is 46.3 Å². The first-order valence-electron chi connectivity index (χ1n) is 11.5. The first-order valence-corrected chi connectivity index (χ1v) is 11.5. The summed E-state index contributed by atoms with van der Waals surface area (Å²) in [4.78, 5) is 14.4. The molecule has 0 unspecified atom stereocenters. The van der Waals surface area contributed by atoms with Crippen LogP contribution in [-0.2, 0) is 17.7 Å². The maximum atomic E-state index is 5.65. The number of benzene rings is 2. The van der Waals surface area contributed by atoms with Gasteiger partial charge in [-0.25, -0.2) is 15.0 Å².